The van der Waals surface area contributed by atoms with Crippen LogP contribution in [0.5, 0.6) is 0 Å². The molecular formula is C13H20ClN3. The van der Waals surface area contributed by atoms with Crippen molar-refractivity contribution in [2.24, 2.45) is 0 Å². The molecule has 1 saturated heterocycles. The van der Waals surface area contributed by atoms with E-state index in [1.165, 1.54) is 32.5 Å². The van der Waals surface area contributed by atoms with Gasteiger partial charge >= 0.3 is 0 Å². The van der Waals surface area contributed by atoms with E-state index in [9.17, 15) is 0 Å². The molecule has 0 radical (unpaired) electrons. The van der Waals surface area contributed by atoms with Gasteiger partial charge in [0.05, 0.1) is 11.4 Å². The summed E-state index contributed by atoms with van der Waals surface area (Å²) in [7, 11) is 0. The largest absolute Gasteiger partial charge is 0.397 e. The van der Waals surface area contributed by atoms with E-state index in [4.69, 9.17) is 17.3 Å². The van der Waals surface area contributed by atoms with Gasteiger partial charge in [0.1, 0.15) is 0 Å². The maximum atomic E-state index is 5.93. The van der Waals surface area contributed by atoms with Gasteiger partial charge in [0, 0.05) is 11.6 Å². The fourth-order valence-corrected chi connectivity index (χ4v) is 2.39. The first-order valence-electron chi connectivity index (χ1n) is 6.27. The molecule has 0 amide bonds. The van der Waals surface area contributed by atoms with Crippen molar-refractivity contribution in [1.82, 2.24) is 4.90 Å². The van der Waals surface area contributed by atoms with E-state index < -0.39 is 0 Å². The summed E-state index contributed by atoms with van der Waals surface area (Å²) in [4.78, 5) is 2.52. The van der Waals surface area contributed by atoms with Crippen LogP contribution in [0.1, 0.15) is 19.3 Å². The summed E-state index contributed by atoms with van der Waals surface area (Å²) in [5, 5.41) is 4.06. The first kappa shape index (κ1) is 12.5. The summed E-state index contributed by atoms with van der Waals surface area (Å²) in [5.74, 6) is 0. The quantitative estimate of drug-likeness (QED) is 0.626. The number of nitrogens with zero attached hydrogens (tertiary/aromatic N) is 1. The molecule has 1 aliphatic rings. The van der Waals surface area contributed by atoms with Crippen LogP contribution in [0.15, 0.2) is 18.2 Å². The maximum Gasteiger partial charge on any atom is 0.0588 e. The Hall–Kier alpha value is -0.930. The maximum absolute atomic E-state index is 5.93. The molecule has 17 heavy (non-hydrogen) atoms. The number of benzene rings is 1. The van der Waals surface area contributed by atoms with Crippen LogP contribution in [0.25, 0.3) is 0 Å². The van der Waals surface area contributed by atoms with Gasteiger partial charge in [-0.3, -0.25) is 0 Å². The van der Waals surface area contributed by atoms with Gasteiger partial charge in [-0.05, 0) is 57.1 Å². The number of rotatable bonds is 5. The monoisotopic (exact) mass is 253 g/mol. The van der Waals surface area contributed by atoms with Gasteiger partial charge in [0.2, 0.25) is 0 Å². The Morgan fingerprint density at radius 2 is 2.06 bits per heavy atom. The molecule has 2 rings (SSSR count). The number of likely N-dealkylation sites (tertiary alicyclic amines) is 1. The predicted octanol–water partition coefficient (Wildman–Crippen LogP) is 2.82. The van der Waals surface area contributed by atoms with Crippen LogP contribution in [0.2, 0.25) is 5.02 Å². The van der Waals surface area contributed by atoms with E-state index in [1.54, 1.807) is 0 Å². The van der Waals surface area contributed by atoms with Crippen molar-refractivity contribution in [2.75, 3.05) is 37.2 Å². The predicted molar refractivity (Wildman–Crippen MR) is 74.6 cm³/mol. The van der Waals surface area contributed by atoms with Gasteiger partial charge in [-0.15, -0.1) is 0 Å². The second-order valence-electron chi connectivity index (χ2n) is 4.56. The topological polar surface area (TPSA) is 41.3 Å². The number of anilines is 2. The summed E-state index contributed by atoms with van der Waals surface area (Å²) in [6.45, 7) is 4.65. The third-order valence-corrected chi connectivity index (χ3v) is 3.42. The van der Waals surface area contributed by atoms with E-state index in [2.05, 4.69) is 10.2 Å². The Balaban J connectivity index is 1.72. The lowest BCUT2D eigenvalue weighted by Crippen LogP contribution is -2.22. The summed E-state index contributed by atoms with van der Waals surface area (Å²) < 4.78 is 0. The molecule has 0 aromatic heterocycles. The van der Waals surface area contributed by atoms with Crippen LogP contribution in [0, 0.1) is 0 Å². The molecule has 94 valence electrons. The number of nitrogen functional groups attached to an aromatic ring is 1. The number of nitrogens with two attached hydrogens (primary N) is 1. The van der Waals surface area contributed by atoms with Crippen LogP contribution in [-0.4, -0.2) is 31.1 Å². The fourth-order valence-electron chi connectivity index (χ4n) is 2.21. The molecule has 1 aromatic rings. The zero-order valence-corrected chi connectivity index (χ0v) is 10.8. The van der Waals surface area contributed by atoms with Crippen LogP contribution in [-0.2, 0) is 0 Å². The SMILES string of the molecule is Nc1ccc(Cl)cc1NCCCN1CCCC1. The van der Waals surface area contributed by atoms with Crippen molar-refractivity contribution < 1.29 is 0 Å². The lowest BCUT2D eigenvalue weighted by molar-refractivity contribution is 0.337. The van der Waals surface area contributed by atoms with Crippen LogP contribution < -0.4 is 11.1 Å². The first-order chi connectivity index (χ1) is 8.25. The second kappa shape index (κ2) is 6.12. The number of hydrogen-bond acceptors (Lipinski definition) is 3. The zero-order chi connectivity index (χ0) is 12.1. The average Bonchev–Trinajstić information content (AvgIpc) is 2.82. The van der Waals surface area contributed by atoms with Gasteiger partial charge in [-0.1, -0.05) is 11.6 Å². The van der Waals surface area contributed by atoms with Gasteiger partial charge in [-0.2, -0.15) is 0 Å². The Bertz CT molecular complexity index is 362. The van der Waals surface area contributed by atoms with E-state index in [1.807, 2.05) is 18.2 Å². The second-order valence-corrected chi connectivity index (χ2v) is 5.00. The average molecular weight is 254 g/mol. The third-order valence-electron chi connectivity index (χ3n) is 3.18. The number of hydrogen-bond donors (Lipinski definition) is 2. The number of nitrogens with one attached hydrogen (secondary N) is 1. The Kier molecular flexibility index (Phi) is 4.51. The number of halogens is 1. The normalized spacial score (nSPS) is 16.3. The molecule has 1 fully saturated rings. The smallest absolute Gasteiger partial charge is 0.0588 e. The Labute approximate surface area is 108 Å². The third kappa shape index (κ3) is 3.79. The lowest BCUT2D eigenvalue weighted by atomic mass is 10.2. The minimum absolute atomic E-state index is 0.723. The highest BCUT2D eigenvalue weighted by atomic mass is 35.5. The van der Waals surface area contributed by atoms with Crippen molar-refractivity contribution in [3.8, 4) is 0 Å². The van der Waals surface area contributed by atoms with Crippen molar-refractivity contribution in [3.05, 3.63) is 23.2 Å². The van der Waals surface area contributed by atoms with Crippen molar-refractivity contribution in [2.45, 2.75) is 19.3 Å². The first-order valence-corrected chi connectivity index (χ1v) is 6.65. The lowest BCUT2D eigenvalue weighted by Gasteiger charge is -2.15. The van der Waals surface area contributed by atoms with Crippen LogP contribution >= 0.6 is 11.6 Å². The molecule has 4 heteroatoms. The summed E-state index contributed by atoms with van der Waals surface area (Å²) in [6, 6.07) is 5.53. The highest BCUT2D eigenvalue weighted by Gasteiger charge is 2.10. The van der Waals surface area contributed by atoms with Gasteiger partial charge < -0.3 is 16.0 Å². The van der Waals surface area contributed by atoms with Crippen molar-refractivity contribution >= 4 is 23.0 Å². The van der Waals surface area contributed by atoms with E-state index in [0.717, 1.165) is 29.4 Å². The molecule has 0 saturated carbocycles. The van der Waals surface area contributed by atoms with Crippen molar-refractivity contribution in [1.29, 1.82) is 0 Å². The van der Waals surface area contributed by atoms with E-state index >= 15 is 0 Å². The highest BCUT2D eigenvalue weighted by molar-refractivity contribution is 6.31. The molecule has 0 bridgehead atoms. The Morgan fingerprint density at radius 3 is 2.82 bits per heavy atom. The fraction of sp³-hybridized carbons (Fsp3) is 0.538. The summed E-state index contributed by atoms with van der Waals surface area (Å²) in [6.07, 6.45) is 3.86. The van der Waals surface area contributed by atoms with E-state index in [0.29, 0.717) is 0 Å². The van der Waals surface area contributed by atoms with Gasteiger partial charge in [0.25, 0.3) is 0 Å². The molecule has 0 aliphatic carbocycles. The van der Waals surface area contributed by atoms with E-state index in [-0.39, 0.29) is 0 Å². The summed E-state index contributed by atoms with van der Waals surface area (Å²) >= 11 is 5.93. The molecule has 1 aliphatic heterocycles. The van der Waals surface area contributed by atoms with Crippen LogP contribution in [0.3, 0.4) is 0 Å². The molecular weight excluding hydrogens is 234 g/mol. The van der Waals surface area contributed by atoms with Crippen LogP contribution in [0.4, 0.5) is 11.4 Å². The molecule has 3 nitrogen and oxygen atoms in total. The molecule has 3 N–H and O–H groups in total. The van der Waals surface area contributed by atoms with Crippen molar-refractivity contribution in [3.63, 3.8) is 0 Å². The molecule has 1 aromatic carbocycles. The molecule has 1 heterocycles. The molecule has 0 spiro atoms. The molecule has 0 unspecified atom stereocenters. The standard InChI is InChI=1S/C13H20ClN3/c14-11-4-5-12(15)13(10-11)16-6-3-9-17-7-1-2-8-17/h4-5,10,16H,1-3,6-9,15H2. The zero-order valence-electron chi connectivity index (χ0n) is 10.1. The summed E-state index contributed by atoms with van der Waals surface area (Å²) in [5.41, 5.74) is 7.57. The Morgan fingerprint density at radius 1 is 1.29 bits per heavy atom. The molecule has 0 atom stereocenters. The minimum atomic E-state index is 0.723. The highest BCUT2D eigenvalue weighted by Crippen LogP contribution is 2.22. The van der Waals surface area contributed by atoms with Gasteiger partial charge in [-0.25, -0.2) is 0 Å². The minimum Gasteiger partial charge on any atom is -0.397 e. The van der Waals surface area contributed by atoms with Gasteiger partial charge in [0.15, 0.2) is 0 Å².